The molecule has 19 heavy (non-hydrogen) atoms. The minimum absolute atomic E-state index is 0.0341. The first kappa shape index (κ1) is 15.7. The topological polar surface area (TPSA) is 33.5 Å². The van der Waals surface area contributed by atoms with Gasteiger partial charge in [-0.25, -0.2) is 4.85 Å². The number of hydrogen-bond donors (Lipinski definition) is 1. The number of rotatable bonds is 3. The standard InChI is InChI=1S/C15H21N2OP/c1-10-8-13(16-4)9-11(2)14(10)17-15(18)12(3)19(5,6)7/h8-9,12H,1-3,5-7H3/p+1. The van der Waals surface area contributed by atoms with E-state index in [2.05, 4.69) is 30.2 Å². The zero-order valence-electron chi connectivity index (χ0n) is 12.5. The fourth-order valence-electron chi connectivity index (χ4n) is 1.78. The molecule has 0 bridgehead atoms. The fourth-order valence-corrected chi connectivity index (χ4v) is 2.55. The van der Waals surface area contributed by atoms with Gasteiger partial charge < -0.3 is 5.32 Å². The van der Waals surface area contributed by atoms with Gasteiger partial charge in [-0.2, -0.15) is 0 Å². The highest BCUT2D eigenvalue weighted by Crippen LogP contribution is 2.52. The van der Waals surface area contributed by atoms with E-state index in [1.54, 1.807) is 0 Å². The summed E-state index contributed by atoms with van der Waals surface area (Å²) in [5.74, 6) is 0.0718. The number of carbonyl (C=O) groups is 1. The monoisotopic (exact) mass is 277 g/mol. The van der Waals surface area contributed by atoms with Crippen LogP contribution in [0.5, 0.6) is 0 Å². The maximum atomic E-state index is 12.3. The Labute approximate surface area is 116 Å². The number of hydrogen-bond acceptors (Lipinski definition) is 1. The summed E-state index contributed by atoms with van der Waals surface area (Å²) in [6.07, 6.45) is 0. The summed E-state index contributed by atoms with van der Waals surface area (Å²) in [6.45, 7) is 19.4. The lowest BCUT2D eigenvalue weighted by molar-refractivity contribution is -0.115. The van der Waals surface area contributed by atoms with Gasteiger partial charge in [0.25, 0.3) is 5.91 Å². The minimum Gasteiger partial charge on any atom is -0.322 e. The van der Waals surface area contributed by atoms with Crippen LogP contribution in [0.25, 0.3) is 4.85 Å². The number of benzene rings is 1. The van der Waals surface area contributed by atoms with Crippen molar-refractivity contribution in [3.63, 3.8) is 0 Å². The number of carbonyl (C=O) groups excluding carboxylic acids is 1. The van der Waals surface area contributed by atoms with Gasteiger partial charge in [0.1, 0.15) is 5.66 Å². The molecule has 1 amide bonds. The van der Waals surface area contributed by atoms with Gasteiger partial charge in [-0.05, 0) is 31.9 Å². The summed E-state index contributed by atoms with van der Waals surface area (Å²) < 4.78 is 0. The SMILES string of the molecule is [C-]#[N+]c1cc(C)c(NC(=O)C(C)[P+](C)(C)C)c(C)c1. The first-order chi connectivity index (χ1) is 8.66. The molecular weight excluding hydrogens is 255 g/mol. The van der Waals surface area contributed by atoms with Crippen molar-refractivity contribution in [3.8, 4) is 0 Å². The van der Waals surface area contributed by atoms with Crippen LogP contribution in [0.15, 0.2) is 12.1 Å². The van der Waals surface area contributed by atoms with E-state index in [-0.39, 0.29) is 11.6 Å². The maximum Gasteiger partial charge on any atom is 0.264 e. The van der Waals surface area contributed by atoms with E-state index in [4.69, 9.17) is 6.57 Å². The maximum absolute atomic E-state index is 12.3. The van der Waals surface area contributed by atoms with E-state index in [0.717, 1.165) is 16.8 Å². The average Bonchev–Trinajstić information content (AvgIpc) is 2.30. The van der Waals surface area contributed by atoms with Crippen molar-refractivity contribution in [2.75, 3.05) is 25.3 Å². The Morgan fingerprint density at radius 1 is 1.26 bits per heavy atom. The number of aryl methyl sites for hydroxylation is 2. The summed E-state index contributed by atoms with van der Waals surface area (Å²) in [4.78, 5) is 15.7. The van der Waals surface area contributed by atoms with E-state index >= 15 is 0 Å². The van der Waals surface area contributed by atoms with Gasteiger partial charge >= 0.3 is 0 Å². The third-order valence-electron chi connectivity index (χ3n) is 3.44. The Morgan fingerprint density at radius 3 is 2.11 bits per heavy atom. The second-order valence-corrected chi connectivity index (χ2v) is 10.9. The summed E-state index contributed by atoms with van der Waals surface area (Å²) in [5, 5.41) is 3.02. The molecular formula is C15H22N2OP+. The Balaban J connectivity index is 3.02. The number of amides is 1. The Kier molecular flexibility index (Phi) is 4.71. The number of nitrogens with zero attached hydrogens (tertiary/aromatic N) is 1. The van der Waals surface area contributed by atoms with Crippen LogP contribution in [-0.4, -0.2) is 31.6 Å². The number of nitrogens with one attached hydrogen (secondary N) is 1. The second-order valence-electron chi connectivity index (χ2n) is 5.85. The zero-order chi connectivity index (χ0) is 14.8. The van der Waals surface area contributed by atoms with Gasteiger partial charge in [0.15, 0.2) is 5.69 Å². The molecule has 1 aromatic rings. The molecule has 0 radical (unpaired) electrons. The quantitative estimate of drug-likeness (QED) is 0.655. The molecule has 1 unspecified atom stereocenters. The van der Waals surface area contributed by atoms with Crippen LogP contribution in [0.3, 0.4) is 0 Å². The lowest BCUT2D eigenvalue weighted by Crippen LogP contribution is -2.27. The zero-order valence-corrected chi connectivity index (χ0v) is 13.4. The average molecular weight is 277 g/mol. The van der Waals surface area contributed by atoms with Gasteiger partial charge in [0.2, 0.25) is 0 Å². The van der Waals surface area contributed by atoms with Gasteiger partial charge in [0, 0.05) is 32.9 Å². The van der Waals surface area contributed by atoms with Gasteiger partial charge in [-0.15, -0.1) is 0 Å². The minimum atomic E-state index is -1.21. The van der Waals surface area contributed by atoms with Crippen LogP contribution in [0.2, 0.25) is 0 Å². The predicted molar refractivity (Wildman–Crippen MR) is 85.0 cm³/mol. The molecule has 0 aliphatic carbocycles. The van der Waals surface area contributed by atoms with E-state index in [9.17, 15) is 4.79 Å². The predicted octanol–water partition coefficient (Wildman–Crippen LogP) is 4.09. The van der Waals surface area contributed by atoms with E-state index in [1.807, 2.05) is 32.9 Å². The number of anilines is 1. The van der Waals surface area contributed by atoms with Crippen molar-refractivity contribution in [2.24, 2.45) is 0 Å². The Morgan fingerprint density at radius 2 is 1.74 bits per heavy atom. The first-order valence-electron chi connectivity index (χ1n) is 6.27. The lowest BCUT2D eigenvalue weighted by Gasteiger charge is -2.21. The summed E-state index contributed by atoms with van der Waals surface area (Å²) in [7, 11) is -1.21. The van der Waals surface area contributed by atoms with Crippen LogP contribution >= 0.6 is 7.26 Å². The molecule has 0 aliphatic heterocycles. The third kappa shape index (κ3) is 3.78. The lowest BCUT2D eigenvalue weighted by atomic mass is 10.1. The molecule has 0 aliphatic rings. The largest absolute Gasteiger partial charge is 0.322 e. The van der Waals surface area contributed by atoms with E-state index in [1.165, 1.54) is 0 Å². The first-order valence-corrected chi connectivity index (χ1v) is 9.47. The van der Waals surface area contributed by atoms with Crippen LogP contribution in [-0.2, 0) is 4.79 Å². The molecule has 0 saturated carbocycles. The van der Waals surface area contributed by atoms with Crippen molar-refractivity contribution in [2.45, 2.75) is 26.4 Å². The Bertz CT molecular complexity index is 515. The molecule has 1 aromatic carbocycles. The van der Waals surface area contributed by atoms with Crippen LogP contribution < -0.4 is 5.32 Å². The van der Waals surface area contributed by atoms with Crippen LogP contribution in [0.4, 0.5) is 11.4 Å². The van der Waals surface area contributed by atoms with Crippen molar-refractivity contribution < 1.29 is 4.79 Å². The van der Waals surface area contributed by atoms with Crippen LogP contribution in [0.1, 0.15) is 18.1 Å². The molecule has 0 heterocycles. The third-order valence-corrected chi connectivity index (χ3v) is 5.99. The smallest absolute Gasteiger partial charge is 0.264 e. The van der Waals surface area contributed by atoms with E-state index < -0.39 is 7.26 Å². The van der Waals surface area contributed by atoms with Crippen molar-refractivity contribution >= 4 is 24.5 Å². The highest BCUT2D eigenvalue weighted by atomic mass is 31.2. The van der Waals surface area contributed by atoms with Crippen LogP contribution in [0, 0.1) is 20.4 Å². The van der Waals surface area contributed by atoms with Crippen molar-refractivity contribution in [3.05, 3.63) is 34.7 Å². The molecule has 1 rings (SSSR count). The molecule has 0 aromatic heterocycles. The molecule has 1 atom stereocenters. The van der Waals surface area contributed by atoms with Crippen molar-refractivity contribution in [1.29, 1.82) is 0 Å². The van der Waals surface area contributed by atoms with Gasteiger partial charge in [-0.3, -0.25) is 4.79 Å². The molecule has 1 N–H and O–H groups in total. The molecule has 0 fully saturated rings. The highest BCUT2D eigenvalue weighted by Gasteiger charge is 2.33. The second kappa shape index (κ2) is 5.72. The Hall–Kier alpha value is -1.39. The molecule has 4 heteroatoms. The molecule has 0 saturated heterocycles. The summed E-state index contributed by atoms with van der Waals surface area (Å²) >= 11 is 0. The van der Waals surface area contributed by atoms with E-state index in [0.29, 0.717) is 5.69 Å². The molecule has 3 nitrogen and oxygen atoms in total. The summed E-state index contributed by atoms with van der Waals surface area (Å²) in [6, 6.07) is 3.62. The van der Waals surface area contributed by atoms with Gasteiger partial charge in [-0.1, -0.05) is 12.1 Å². The summed E-state index contributed by atoms with van der Waals surface area (Å²) in [5.41, 5.74) is 3.38. The molecule has 102 valence electrons. The normalized spacial score (nSPS) is 12.7. The molecule has 0 spiro atoms. The fraction of sp³-hybridized carbons (Fsp3) is 0.467. The highest BCUT2D eigenvalue weighted by molar-refractivity contribution is 7.75. The van der Waals surface area contributed by atoms with Crippen molar-refractivity contribution in [1.82, 2.24) is 0 Å². The van der Waals surface area contributed by atoms with Gasteiger partial charge in [0.05, 0.1) is 6.57 Å².